The van der Waals surface area contributed by atoms with E-state index in [0.29, 0.717) is 23.4 Å². The molecule has 0 bridgehead atoms. The third-order valence-electron chi connectivity index (χ3n) is 5.61. The van der Waals surface area contributed by atoms with E-state index in [1.807, 2.05) is 17.5 Å². The molecule has 1 atom stereocenters. The lowest BCUT2D eigenvalue weighted by atomic mass is 9.94. The molecule has 5 nitrogen and oxygen atoms in total. The molecule has 1 unspecified atom stereocenters. The summed E-state index contributed by atoms with van der Waals surface area (Å²) in [5.41, 5.74) is 4.39. The molecule has 4 heterocycles. The SMILES string of the molecule is CCc1ccc(C2NC(=S)N(Cc3cccs3)C(C)=C2c2nc(-c3cccs3)no2)cc1. The average Bonchev–Trinajstić information content (AvgIpc) is 3.59. The first-order valence-corrected chi connectivity index (χ1v) is 12.6. The summed E-state index contributed by atoms with van der Waals surface area (Å²) in [6, 6.07) is 16.6. The van der Waals surface area contributed by atoms with Crippen LogP contribution in [-0.2, 0) is 13.0 Å². The average molecular weight is 479 g/mol. The van der Waals surface area contributed by atoms with E-state index in [-0.39, 0.29) is 6.04 Å². The molecule has 1 aliphatic rings. The Hall–Kier alpha value is -2.81. The Morgan fingerprint density at radius 2 is 1.88 bits per heavy atom. The van der Waals surface area contributed by atoms with E-state index in [9.17, 15) is 0 Å². The fraction of sp³-hybridized carbons (Fsp3) is 0.208. The molecule has 0 saturated heterocycles. The molecule has 0 fully saturated rings. The number of nitrogens with zero attached hydrogens (tertiary/aromatic N) is 3. The van der Waals surface area contributed by atoms with E-state index >= 15 is 0 Å². The van der Waals surface area contributed by atoms with Crippen molar-refractivity contribution < 1.29 is 4.52 Å². The van der Waals surface area contributed by atoms with Gasteiger partial charge in [0.25, 0.3) is 5.89 Å². The molecule has 1 N–H and O–H groups in total. The lowest BCUT2D eigenvalue weighted by molar-refractivity contribution is 0.396. The van der Waals surface area contributed by atoms with E-state index < -0.39 is 0 Å². The van der Waals surface area contributed by atoms with Gasteiger partial charge in [0.1, 0.15) is 0 Å². The molecule has 1 aromatic carbocycles. The van der Waals surface area contributed by atoms with Crippen molar-refractivity contribution in [1.82, 2.24) is 20.4 Å². The van der Waals surface area contributed by atoms with Crippen molar-refractivity contribution in [2.45, 2.75) is 32.9 Å². The molecule has 162 valence electrons. The van der Waals surface area contributed by atoms with Gasteiger partial charge in [-0.1, -0.05) is 48.5 Å². The summed E-state index contributed by atoms with van der Waals surface area (Å²) in [7, 11) is 0. The maximum absolute atomic E-state index is 5.80. The summed E-state index contributed by atoms with van der Waals surface area (Å²) in [4.78, 5) is 9.10. The zero-order valence-corrected chi connectivity index (χ0v) is 20.2. The molecule has 1 aliphatic heterocycles. The Labute approximate surface area is 200 Å². The predicted molar refractivity (Wildman–Crippen MR) is 134 cm³/mol. The van der Waals surface area contributed by atoms with Crippen molar-refractivity contribution in [3.63, 3.8) is 0 Å². The summed E-state index contributed by atoms with van der Waals surface area (Å²) >= 11 is 9.11. The van der Waals surface area contributed by atoms with Gasteiger partial charge in [-0.15, -0.1) is 22.7 Å². The Balaban J connectivity index is 1.59. The normalized spacial score (nSPS) is 16.5. The highest BCUT2D eigenvalue weighted by Crippen LogP contribution is 2.38. The van der Waals surface area contributed by atoms with Crippen molar-refractivity contribution in [1.29, 1.82) is 0 Å². The fourth-order valence-electron chi connectivity index (χ4n) is 3.84. The number of hydrogen-bond acceptors (Lipinski definition) is 6. The van der Waals surface area contributed by atoms with Gasteiger partial charge in [0.15, 0.2) is 5.11 Å². The lowest BCUT2D eigenvalue weighted by Gasteiger charge is -2.37. The number of allylic oxidation sites excluding steroid dienone is 1. The van der Waals surface area contributed by atoms with Crippen LogP contribution in [0.15, 0.2) is 69.5 Å². The van der Waals surface area contributed by atoms with Gasteiger partial charge in [0, 0.05) is 10.6 Å². The predicted octanol–water partition coefficient (Wildman–Crippen LogP) is 6.28. The number of thiocarbonyl (C=S) groups is 1. The molecular weight excluding hydrogens is 456 g/mol. The number of aromatic nitrogens is 2. The highest BCUT2D eigenvalue weighted by molar-refractivity contribution is 7.80. The molecule has 0 saturated carbocycles. The van der Waals surface area contributed by atoms with Crippen LogP contribution >= 0.6 is 34.9 Å². The molecule has 0 radical (unpaired) electrons. The molecule has 32 heavy (non-hydrogen) atoms. The molecule has 4 aromatic rings. The number of aryl methyl sites for hydroxylation is 1. The molecule has 0 aliphatic carbocycles. The zero-order valence-electron chi connectivity index (χ0n) is 17.7. The van der Waals surface area contributed by atoms with Gasteiger partial charge in [-0.2, -0.15) is 4.98 Å². The van der Waals surface area contributed by atoms with Crippen molar-refractivity contribution in [3.8, 4) is 10.7 Å². The summed E-state index contributed by atoms with van der Waals surface area (Å²) in [6.07, 6.45) is 1.00. The van der Waals surface area contributed by atoms with Gasteiger partial charge in [-0.05, 0) is 59.6 Å². The first-order valence-electron chi connectivity index (χ1n) is 10.4. The highest BCUT2D eigenvalue weighted by atomic mass is 32.1. The minimum Gasteiger partial charge on any atom is -0.351 e. The van der Waals surface area contributed by atoms with E-state index in [0.717, 1.165) is 28.1 Å². The zero-order chi connectivity index (χ0) is 22.1. The maximum atomic E-state index is 5.80. The minimum atomic E-state index is -0.162. The van der Waals surface area contributed by atoms with Gasteiger partial charge < -0.3 is 14.7 Å². The summed E-state index contributed by atoms with van der Waals surface area (Å²) in [6.45, 7) is 4.94. The number of thiophene rings is 2. The van der Waals surface area contributed by atoms with Crippen LogP contribution in [-0.4, -0.2) is 20.2 Å². The molecule has 5 rings (SSSR count). The van der Waals surface area contributed by atoms with Crippen LogP contribution in [0.5, 0.6) is 0 Å². The second-order valence-electron chi connectivity index (χ2n) is 7.54. The first-order chi connectivity index (χ1) is 15.6. The standard InChI is InChI=1S/C24H22N4OS3/c1-3-16-8-10-17(11-9-16)21-20(23-26-22(27-29-23)19-7-5-13-32-19)15(2)28(24(30)25-21)14-18-6-4-12-31-18/h4-13,21H,3,14H2,1-2H3,(H,25,30). The topological polar surface area (TPSA) is 54.2 Å². The van der Waals surface area contributed by atoms with Crippen molar-refractivity contribution in [2.24, 2.45) is 0 Å². The van der Waals surface area contributed by atoms with Crippen LogP contribution in [0.1, 0.15) is 41.8 Å². The number of nitrogens with one attached hydrogen (secondary N) is 1. The molecule has 3 aromatic heterocycles. The maximum Gasteiger partial charge on any atom is 0.258 e. The second kappa shape index (κ2) is 8.97. The van der Waals surface area contributed by atoms with E-state index in [4.69, 9.17) is 21.7 Å². The van der Waals surface area contributed by atoms with Crippen molar-refractivity contribution >= 4 is 45.6 Å². The number of hydrogen-bond donors (Lipinski definition) is 1. The van der Waals surface area contributed by atoms with Crippen molar-refractivity contribution in [2.75, 3.05) is 0 Å². The van der Waals surface area contributed by atoms with E-state index in [1.165, 1.54) is 10.4 Å². The van der Waals surface area contributed by atoms with E-state index in [1.54, 1.807) is 22.7 Å². The van der Waals surface area contributed by atoms with Gasteiger partial charge in [-0.3, -0.25) is 0 Å². The fourth-order valence-corrected chi connectivity index (χ4v) is 5.50. The van der Waals surface area contributed by atoms with Gasteiger partial charge in [0.2, 0.25) is 5.82 Å². The second-order valence-corrected chi connectivity index (χ2v) is 9.91. The van der Waals surface area contributed by atoms with Gasteiger partial charge in [0.05, 0.1) is 23.0 Å². The quantitative estimate of drug-likeness (QED) is 0.329. The molecule has 8 heteroatoms. The number of benzene rings is 1. The Morgan fingerprint density at radius 3 is 2.56 bits per heavy atom. The third kappa shape index (κ3) is 4.01. The Bertz CT molecular complexity index is 1240. The summed E-state index contributed by atoms with van der Waals surface area (Å²) in [5, 5.41) is 12.6. The number of rotatable bonds is 6. The van der Waals surface area contributed by atoms with Crippen LogP contribution in [0.25, 0.3) is 16.3 Å². The Kier molecular flexibility index (Phi) is 5.91. The summed E-state index contributed by atoms with van der Waals surface area (Å²) in [5.74, 6) is 1.12. The van der Waals surface area contributed by atoms with E-state index in [2.05, 4.69) is 71.0 Å². The summed E-state index contributed by atoms with van der Waals surface area (Å²) < 4.78 is 5.79. The van der Waals surface area contributed by atoms with Crippen LogP contribution < -0.4 is 5.32 Å². The Morgan fingerprint density at radius 1 is 1.09 bits per heavy atom. The van der Waals surface area contributed by atoms with Gasteiger partial charge in [-0.25, -0.2) is 0 Å². The van der Waals surface area contributed by atoms with Gasteiger partial charge >= 0.3 is 0 Å². The molecular formula is C24H22N4OS3. The van der Waals surface area contributed by atoms with Crippen molar-refractivity contribution in [3.05, 3.63) is 86.9 Å². The molecule has 0 amide bonds. The van der Waals surface area contributed by atoms with Crippen LogP contribution in [0, 0.1) is 0 Å². The molecule has 0 spiro atoms. The minimum absolute atomic E-state index is 0.162. The smallest absolute Gasteiger partial charge is 0.258 e. The van der Waals surface area contributed by atoms with Crippen LogP contribution in [0.3, 0.4) is 0 Å². The lowest BCUT2D eigenvalue weighted by Crippen LogP contribution is -2.45. The van der Waals surface area contributed by atoms with Crippen LogP contribution in [0.2, 0.25) is 0 Å². The largest absolute Gasteiger partial charge is 0.351 e. The third-order valence-corrected chi connectivity index (χ3v) is 7.67. The first kappa shape index (κ1) is 21.1. The highest BCUT2D eigenvalue weighted by Gasteiger charge is 2.34. The monoisotopic (exact) mass is 478 g/mol. The van der Waals surface area contributed by atoms with Crippen LogP contribution in [0.4, 0.5) is 0 Å².